The molecule has 2 aliphatic rings. The first-order chi connectivity index (χ1) is 12.2. The minimum absolute atomic E-state index is 0.209. The summed E-state index contributed by atoms with van der Waals surface area (Å²) in [6, 6.07) is 7.67. The fraction of sp³-hybridized carbons (Fsp3) is 0.474. The number of nitrogens with one attached hydrogen (secondary N) is 1. The number of fused-ring (bicyclic) bond motifs is 1. The lowest BCUT2D eigenvalue weighted by molar-refractivity contribution is -0.130. The second kappa shape index (κ2) is 7.44. The number of thiazole rings is 1. The van der Waals surface area contributed by atoms with Crippen molar-refractivity contribution in [3.05, 3.63) is 40.4 Å². The Morgan fingerprint density at radius 3 is 2.56 bits per heavy atom. The Kier molecular flexibility index (Phi) is 5.06. The summed E-state index contributed by atoms with van der Waals surface area (Å²) >= 11 is 7.52. The molecule has 6 heteroatoms. The van der Waals surface area contributed by atoms with Gasteiger partial charge < -0.3 is 10.2 Å². The second-order valence-corrected chi connectivity index (χ2v) is 8.26. The Hall–Kier alpha value is -1.43. The van der Waals surface area contributed by atoms with E-state index in [1.807, 2.05) is 34.5 Å². The topological polar surface area (TPSA) is 45.2 Å². The molecule has 2 atom stereocenters. The van der Waals surface area contributed by atoms with Crippen LogP contribution in [0.2, 0.25) is 5.02 Å². The Balaban J connectivity index is 1.38. The predicted octanol–water partition coefficient (Wildman–Crippen LogP) is 3.46. The second-order valence-electron chi connectivity index (χ2n) is 6.96. The van der Waals surface area contributed by atoms with E-state index in [2.05, 4.69) is 10.3 Å². The van der Waals surface area contributed by atoms with Crippen LogP contribution in [0.25, 0.3) is 10.6 Å². The van der Waals surface area contributed by atoms with Gasteiger partial charge in [-0.15, -0.1) is 11.3 Å². The third-order valence-electron chi connectivity index (χ3n) is 5.35. The van der Waals surface area contributed by atoms with Gasteiger partial charge in [0.1, 0.15) is 5.01 Å². The molecule has 1 amide bonds. The molecule has 2 saturated heterocycles. The summed E-state index contributed by atoms with van der Waals surface area (Å²) in [5.74, 6) is 1.70. The lowest BCUT2D eigenvalue weighted by Gasteiger charge is -2.20. The zero-order valence-electron chi connectivity index (χ0n) is 14.1. The first-order valence-corrected chi connectivity index (χ1v) is 10.1. The summed E-state index contributed by atoms with van der Waals surface area (Å²) in [6.45, 7) is 4.00. The van der Waals surface area contributed by atoms with Crippen LogP contribution in [0.1, 0.15) is 18.5 Å². The standard InChI is InChI=1S/C19H22ClN3OS/c20-16-3-1-13(2-4-16)19-22-17(12-25-19)9-18(24)23-7-5-14-10-21-11-15(14)6-8-23/h1-4,12,14-15,21H,5-11H2/t14-,15+. The molecule has 3 heterocycles. The van der Waals surface area contributed by atoms with Crippen molar-refractivity contribution in [1.29, 1.82) is 0 Å². The highest BCUT2D eigenvalue weighted by Gasteiger charge is 2.31. The molecule has 2 fully saturated rings. The summed E-state index contributed by atoms with van der Waals surface area (Å²) in [6.07, 6.45) is 2.64. The first kappa shape index (κ1) is 17.0. The van der Waals surface area contributed by atoms with Crippen molar-refractivity contribution < 1.29 is 4.79 Å². The van der Waals surface area contributed by atoms with Crippen LogP contribution in [-0.4, -0.2) is 42.0 Å². The van der Waals surface area contributed by atoms with Crippen molar-refractivity contribution in [3.8, 4) is 10.6 Å². The van der Waals surface area contributed by atoms with E-state index in [0.717, 1.165) is 72.1 Å². The number of carbonyl (C=O) groups is 1. The molecule has 2 aromatic rings. The van der Waals surface area contributed by atoms with Crippen LogP contribution in [0.4, 0.5) is 0 Å². The molecule has 4 nitrogen and oxygen atoms in total. The maximum atomic E-state index is 12.7. The van der Waals surface area contributed by atoms with Gasteiger partial charge in [-0.05, 0) is 49.9 Å². The van der Waals surface area contributed by atoms with E-state index in [-0.39, 0.29) is 5.91 Å². The smallest absolute Gasteiger partial charge is 0.228 e. The zero-order valence-corrected chi connectivity index (χ0v) is 15.7. The number of hydrogen-bond acceptors (Lipinski definition) is 4. The largest absolute Gasteiger partial charge is 0.342 e. The highest BCUT2D eigenvalue weighted by Crippen LogP contribution is 2.28. The van der Waals surface area contributed by atoms with Gasteiger partial charge in [-0.3, -0.25) is 4.79 Å². The van der Waals surface area contributed by atoms with Crippen molar-refractivity contribution in [2.24, 2.45) is 11.8 Å². The maximum Gasteiger partial charge on any atom is 0.228 e. The van der Waals surface area contributed by atoms with E-state index in [0.29, 0.717) is 6.42 Å². The summed E-state index contributed by atoms with van der Waals surface area (Å²) < 4.78 is 0. The van der Waals surface area contributed by atoms with Crippen LogP contribution in [-0.2, 0) is 11.2 Å². The average molecular weight is 376 g/mol. The molecule has 0 spiro atoms. The predicted molar refractivity (Wildman–Crippen MR) is 102 cm³/mol. The lowest BCUT2D eigenvalue weighted by atomic mass is 9.92. The number of carbonyl (C=O) groups excluding carboxylic acids is 1. The molecule has 0 saturated carbocycles. The van der Waals surface area contributed by atoms with Gasteiger partial charge in [0.15, 0.2) is 0 Å². The third kappa shape index (κ3) is 3.89. The molecule has 0 radical (unpaired) electrons. The van der Waals surface area contributed by atoms with Crippen LogP contribution in [0.5, 0.6) is 0 Å². The van der Waals surface area contributed by atoms with Gasteiger partial charge >= 0.3 is 0 Å². The summed E-state index contributed by atoms with van der Waals surface area (Å²) in [4.78, 5) is 19.4. The highest BCUT2D eigenvalue weighted by atomic mass is 35.5. The first-order valence-electron chi connectivity index (χ1n) is 8.88. The number of hydrogen-bond donors (Lipinski definition) is 1. The van der Waals surface area contributed by atoms with Gasteiger partial charge in [-0.25, -0.2) is 4.98 Å². The SMILES string of the molecule is O=C(Cc1csc(-c2ccc(Cl)cc2)n1)N1CC[C@@H]2CNC[C@@H]2CC1. The van der Waals surface area contributed by atoms with Crippen LogP contribution in [0, 0.1) is 11.8 Å². The summed E-state index contributed by atoms with van der Waals surface area (Å²) in [5.41, 5.74) is 1.91. The van der Waals surface area contributed by atoms with E-state index in [9.17, 15) is 4.79 Å². The molecule has 25 heavy (non-hydrogen) atoms. The van der Waals surface area contributed by atoms with Crippen molar-refractivity contribution in [2.75, 3.05) is 26.2 Å². The summed E-state index contributed by atoms with van der Waals surface area (Å²) in [7, 11) is 0. The van der Waals surface area contributed by atoms with Crippen molar-refractivity contribution in [2.45, 2.75) is 19.3 Å². The Labute approximate surface area is 157 Å². The van der Waals surface area contributed by atoms with Crippen molar-refractivity contribution in [3.63, 3.8) is 0 Å². The monoisotopic (exact) mass is 375 g/mol. The van der Waals surface area contributed by atoms with Crippen molar-refractivity contribution >= 4 is 28.8 Å². The molecule has 4 rings (SSSR count). The number of nitrogens with zero attached hydrogens (tertiary/aromatic N) is 2. The van der Waals surface area contributed by atoms with Gasteiger partial charge in [0, 0.05) is 29.1 Å². The van der Waals surface area contributed by atoms with Crippen LogP contribution in [0.15, 0.2) is 29.6 Å². The average Bonchev–Trinajstić information content (AvgIpc) is 3.21. The zero-order chi connectivity index (χ0) is 17.2. The Morgan fingerprint density at radius 1 is 1.20 bits per heavy atom. The van der Waals surface area contributed by atoms with Gasteiger partial charge in [-0.2, -0.15) is 0 Å². The highest BCUT2D eigenvalue weighted by molar-refractivity contribution is 7.13. The van der Waals surface area contributed by atoms with Crippen LogP contribution >= 0.6 is 22.9 Å². The van der Waals surface area contributed by atoms with E-state index in [1.54, 1.807) is 11.3 Å². The number of benzene rings is 1. The van der Waals surface area contributed by atoms with Crippen molar-refractivity contribution in [1.82, 2.24) is 15.2 Å². The van der Waals surface area contributed by atoms with E-state index in [4.69, 9.17) is 11.6 Å². The minimum atomic E-state index is 0.209. The molecule has 0 aliphatic carbocycles. The minimum Gasteiger partial charge on any atom is -0.342 e. The van der Waals surface area contributed by atoms with Crippen LogP contribution in [0.3, 0.4) is 0 Å². The molecular formula is C19H22ClN3OS. The molecule has 0 unspecified atom stereocenters. The van der Waals surface area contributed by atoms with Gasteiger partial charge in [-0.1, -0.05) is 23.7 Å². The van der Waals surface area contributed by atoms with E-state index >= 15 is 0 Å². The normalized spacial score (nSPS) is 23.3. The fourth-order valence-electron chi connectivity index (χ4n) is 3.85. The Bertz CT molecular complexity index is 731. The van der Waals surface area contributed by atoms with E-state index < -0.39 is 0 Å². The molecule has 0 bridgehead atoms. The number of halogens is 1. The molecule has 1 aromatic carbocycles. The lowest BCUT2D eigenvalue weighted by Crippen LogP contribution is -2.34. The molecular weight excluding hydrogens is 354 g/mol. The number of rotatable bonds is 3. The Morgan fingerprint density at radius 2 is 1.88 bits per heavy atom. The molecule has 2 aliphatic heterocycles. The number of aromatic nitrogens is 1. The molecule has 132 valence electrons. The fourth-order valence-corrected chi connectivity index (χ4v) is 4.80. The van der Waals surface area contributed by atoms with Gasteiger partial charge in [0.05, 0.1) is 12.1 Å². The quantitative estimate of drug-likeness (QED) is 0.893. The molecule has 1 N–H and O–H groups in total. The third-order valence-corrected chi connectivity index (χ3v) is 6.54. The molecule has 1 aromatic heterocycles. The summed E-state index contributed by atoms with van der Waals surface area (Å²) in [5, 5.41) is 7.14. The van der Waals surface area contributed by atoms with E-state index in [1.165, 1.54) is 0 Å². The number of likely N-dealkylation sites (tertiary alicyclic amines) is 1. The van der Waals surface area contributed by atoms with Gasteiger partial charge in [0.25, 0.3) is 0 Å². The van der Waals surface area contributed by atoms with Crippen LogP contribution < -0.4 is 5.32 Å². The van der Waals surface area contributed by atoms with Gasteiger partial charge in [0.2, 0.25) is 5.91 Å². The maximum absolute atomic E-state index is 12.7. The number of amides is 1.